The van der Waals surface area contributed by atoms with Crippen LogP contribution in [0.1, 0.15) is 40.9 Å². The summed E-state index contributed by atoms with van der Waals surface area (Å²) in [4.78, 5) is 12.2. The van der Waals surface area contributed by atoms with Crippen LogP contribution in [0.3, 0.4) is 0 Å². The monoisotopic (exact) mass is 330 g/mol. The van der Waals surface area contributed by atoms with Crippen molar-refractivity contribution in [3.8, 4) is 23.0 Å². The van der Waals surface area contributed by atoms with Gasteiger partial charge in [-0.2, -0.15) is 0 Å². The Hall–Kier alpha value is -2.89. The first-order chi connectivity index (χ1) is 11.5. The number of carbonyl (C=O) groups is 1. The molecule has 0 fully saturated rings. The Bertz CT molecular complexity index is 766. The minimum Gasteiger partial charge on any atom is -0.508 e. The second-order valence-electron chi connectivity index (χ2n) is 5.55. The highest BCUT2D eigenvalue weighted by Crippen LogP contribution is 2.45. The van der Waals surface area contributed by atoms with Crippen LogP contribution < -0.4 is 4.74 Å². The molecule has 1 unspecified atom stereocenters. The van der Waals surface area contributed by atoms with Gasteiger partial charge in [-0.1, -0.05) is 12.1 Å². The second-order valence-corrected chi connectivity index (χ2v) is 5.55. The van der Waals surface area contributed by atoms with Gasteiger partial charge < -0.3 is 24.8 Å². The van der Waals surface area contributed by atoms with E-state index in [4.69, 9.17) is 9.47 Å². The summed E-state index contributed by atoms with van der Waals surface area (Å²) in [5.41, 5.74) is 1.23. The van der Waals surface area contributed by atoms with E-state index >= 15 is 0 Å². The molecule has 0 bridgehead atoms. The quantitative estimate of drug-likeness (QED) is 0.749. The van der Waals surface area contributed by atoms with Gasteiger partial charge in [0.25, 0.3) is 0 Å². The van der Waals surface area contributed by atoms with Crippen molar-refractivity contribution < 1.29 is 29.6 Å². The summed E-state index contributed by atoms with van der Waals surface area (Å²) in [6.07, 6.45) is 0.727. The molecule has 1 aliphatic heterocycles. The molecule has 0 saturated carbocycles. The van der Waals surface area contributed by atoms with Crippen LogP contribution in [0.5, 0.6) is 23.0 Å². The molecule has 3 rings (SSSR count). The van der Waals surface area contributed by atoms with Crippen LogP contribution >= 0.6 is 0 Å². The van der Waals surface area contributed by atoms with Gasteiger partial charge in [0.2, 0.25) is 0 Å². The highest BCUT2D eigenvalue weighted by molar-refractivity contribution is 5.96. The summed E-state index contributed by atoms with van der Waals surface area (Å²) in [7, 11) is 0. The van der Waals surface area contributed by atoms with Gasteiger partial charge in [0.1, 0.15) is 34.7 Å². The predicted molar refractivity (Wildman–Crippen MR) is 85.5 cm³/mol. The molecule has 126 valence electrons. The molecule has 0 amide bonds. The van der Waals surface area contributed by atoms with Gasteiger partial charge in [0, 0.05) is 11.6 Å². The molecule has 0 aromatic heterocycles. The van der Waals surface area contributed by atoms with Crippen LogP contribution in [-0.2, 0) is 11.2 Å². The molecule has 1 aliphatic rings. The lowest BCUT2D eigenvalue weighted by atomic mass is 9.94. The van der Waals surface area contributed by atoms with Crippen molar-refractivity contribution in [1.82, 2.24) is 0 Å². The molecular weight excluding hydrogens is 312 g/mol. The number of ether oxygens (including phenoxy) is 2. The largest absolute Gasteiger partial charge is 0.508 e. The van der Waals surface area contributed by atoms with E-state index in [1.54, 1.807) is 31.2 Å². The van der Waals surface area contributed by atoms with E-state index in [1.165, 1.54) is 0 Å². The maximum absolute atomic E-state index is 12.2. The zero-order chi connectivity index (χ0) is 17.3. The summed E-state index contributed by atoms with van der Waals surface area (Å²) < 4.78 is 10.9. The number of phenolic OH excluding ortho intramolecular Hbond substituents is 3. The van der Waals surface area contributed by atoms with Crippen molar-refractivity contribution in [1.29, 1.82) is 0 Å². The number of rotatable bonds is 3. The predicted octanol–water partition coefficient (Wildman–Crippen LogP) is 3.05. The van der Waals surface area contributed by atoms with Crippen LogP contribution in [0.25, 0.3) is 0 Å². The molecule has 0 saturated heterocycles. The highest BCUT2D eigenvalue weighted by Gasteiger charge is 2.31. The first-order valence-corrected chi connectivity index (χ1v) is 7.71. The Kier molecular flexibility index (Phi) is 4.20. The molecule has 2 aromatic carbocycles. The highest BCUT2D eigenvalue weighted by atomic mass is 16.5. The average molecular weight is 330 g/mol. The van der Waals surface area contributed by atoms with Gasteiger partial charge in [0.15, 0.2) is 0 Å². The van der Waals surface area contributed by atoms with E-state index in [-0.39, 0.29) is 41.3 Å². The van der Waals surface area contributed by atoms with Crippen molar-refractivity contribution in [3.05, 3.63) is 47.0 Å². The number of benzene rings is 2. The SMILES string of the molecule is CCOC(=O)c1c(O)cc(O)c2c1OC(c1ccc(O)cc1)CC2. The third-order valence-electron chi connectivity index (χ3n) is 4.00. The minimum atomic E-state index is -0.697. The van der Waals surface area contributed by atoms with Crippen molar-refractivity contribution in [3.63, 3.8) is 0 Å². The molecule has 6 nitrogen and oxygen atoms in total. The lowest BCUT2D eigenvalue weighted by Crippen LogP contribution is -2.19. The summed E-state index contributed by atoms with van der Waals surface area (Å²) >= 11 is 0. The topological polar surface area (TPSA) is 96.2 Å². The molecule has 1 heterocycles. The molecule has 0 radical (unpaired) electrons. The van der Waals surface area contributed by atoms with Crippen LogP contribution in [0, 0.1) is 0 Å². The van der Waals surface area contributed by atoms with Gasteiger partial charge >= 0.3 is 5.97 Å². The zero-order valence-corrected chi connectivity index (χ0v) is 13.2. The van der Waals surface area contributed by atoms with Crippen molar-refractivity contribution in [2.24, 2.45) is 0 Å². The van der Waals surface area contributed by atoms with Crippen molar-refractivity contribution >= 4 is 5.97 Å². The Labute approximate surface area is 138 Å². The van der Waals surface area contributed by atoms with Gasteiger partial charge in [-0.15, -0.1) is 0 Å². The molecule has 3 N–H and O–H groups in total. The fourth-order valence-corrected chi connectivity index (χ4v) is 2.84. The van der Waals surface area contributed by atoms with Gasteiger partial charge in [-0.25, -0.2) is 4.79 Å². The number of fused-ring (bicyclic) bond motifs is 1. The number of aromatic hydroxyl groups is 3. The van der Waals surface area contributed by atoms with E-state index in [9.17, 15) is 20.1 Å². The Morgan fingerprint density at radius 1 is 1.21 bits per heavy atom. The maximum Gasteiger partial charge on any atom is 0.345 e. The Balaban J connectivity index is 2.02. The van der Waals surface area contributed by atoms with E-state index in [0.717, 1.165) is 11.6 Å². The smallest absolute Gasteiger partial charge is 0.345 e. The maximum atomic E-state index is 12.2. The summed E-state index contributed by atoms with van der Waals surface area (Å²) in [6.45, 7) is 1.83. The lowest BCUT2D eigenvalue weighted by molar-refractivity contribution is 0.0512. The van der Waals surface area contributed by atoms with Crippen LogP contribution in [0.15, 0.2) is 30.3 Å². The molecule has 2 aromatic rings. The van der Waals surface area contributed by atoms with Gasteiger partial charge in [-0.3, -0.25) is 0 Å². The Morgan fingerprint density at radius 3 is 2.58 bits per heavy atom. The fraction of sp³-hybridized carbons (Fsp3) is 0.278. The molecular formula is C18H18O6. The van der Waals surface area contributed by atoms with E-state index in [2.05, 4.69) is 0 Å². The van der Waals surface area contributed by atoms with E-state index < -0.39 is 5.97 Å². The van der Waals surface area contributed by atoms with Gasteiger partial charge in [0.05, 0.1) is 6.61 Å². The molecule has 6 heteroatoms. The summed E-state index contributed by atoms with van der Waals surface area (Å²) in [6, 6.07) is 7.71. The first-order valence-electron chi connectivity index (χ1n) is 7.71. The number of carbonyl (C=O) groups excluding carboxylic acids is 1. The average Bonchev–Trinajstić information content (AvgIpc) is 2.55. The number of hydrogen-bond donors (Lipinski definition) is 3. The number of phenols is 3. The van der Waals surface area contributed by atoms with Crippen LogP contribution in [0.4, 0.5) is 0 Å². The lowest BCUT2D eigenvalue weighted by Gasteiger charge is -2.28. The first kappa shape index (κ1) is 16.0. The summed E-state index contributed by atoms with van der Waals surface area (Å²) in [5.74, 6) is -0.888. The third kappa shape index (κ3) is 2.82. The third-order valence-corrected chi connectivity index (χ3v) is 4.00. The van der Waals surface area contributed by atoms with Crippen molar-refractivity contribution in [2.45, 2.75) is 25.9 Å². The van der Waals surface area contributed by atoms with E-state index in [1.807, 2.05) is 0 Å². The second kappa shape index (κ2) is 6.31. The fourth-order valence-electron chi connectivity index (χ4n) is 2.84. The molecule has 24 heavy (non-hydrogen) atoms. The number of hydrogen-bond acceptors (Lipinski definition) is 6. The van der Waals surface area contributed by atoms with E-state index in [0.29, 0.717) is 18.4 Å². The summed E-state index contributed by atoms with van der Waals surface area (Å²) in [5, 5.41) is 29.5. The molecule has 0 spiro atoms. The Morgan fingerprint density at radius 2 is 1.92 bits per heavy atom. The standard InChI is InChI=1S/C18H18O6/c1-2-23-18(22)16-14(21)9-13(20)12-7-8-15(24-17(12)16)10-3-5-11(19)6-4-10/h3-6,9,15,19-21H,2,7-8H2,1H3. The van der Waals surface area contributed by atoms with Crippen molar-refractivity contribution in [2.75, 3.05) is 6.61 Å². The number of esters is 1. The van der Waals surface area contributed by atoms with Crippen LogP contribution in [-0.4, -0.2) is 27.9 Å². The normalized spacial score (nSPS) is 16.1. The van der Waals surface area contributed by atoms with Gasteiger partial charge in [-0.05, 0) is 37.5 Å². The molecule has 0 aliphatic carbocycles. The van der Waals surface area contributed by atoms with Crippen LogP contribution in [0.2, 0.25) is 0 Å². The zero-order valence-electron chi connectivity index (χ0n) is 13.2. The molecule has 1 atom stereocenters. The minimum absolute atomic E-state index is 0.0758.